The fourth-order valence-electron chi connectivity index (χ4n) is 13.7. The van der Waals surface area contributed by atoms with Gasteiger partial charge in [-0.3, -0.25) is 0 Å². The molecule has 0 aromatic heterocycles. The molecule has 2 bridgehead atoms. The van der Waals surface area contributed by atoms with Crippen LogP contribution in [0, 0.1) is 29.1 Å². The summed E-state index contributed by atoms with van der Waals surface area (Å²) in [6.07, 6.45) is 8.28. The molecule has 268 valence electrons. The first-order valence-corrected chi connectivity index (χ1v) is 21.5. The summed E-state index contributed by atoms with van der Waals surface area (Å²) in [7, 11) is 0. The minimum atomic E-state index is 0.0750. The van der Waals surface area contributed by atoms with Gasteiger partial charge in [0.15, 0.2) is 0 Å². The Morgan fingerprint density at radius 2 is 1.26 bits per heavy atom. The van der Waals surface area contributed by atoms with Gasteiger partial charge in [0.25, 0.3) is 0 Å². The largest absolute Gasteiger partial charge is 0.310 e. The Labute approximate surface area is 325 Å². The Morgan fingerprint density at radius 3 is 2.11 bits per heavy atom. The average molecular weight is 720 g/mol. The van der Waals surface area contributed by atoms with Crippen molar-refractivity contribution in [3.63, 3.8) is 0 Å². The first kappa shape index (κ1) is 32.0. The number of rotatable bonds is 4. The van der Waals surface area contributed by atoms with Crippen molar-refractivity contribution in [2.24, 2.45) is 29.1 Å². The Hall–Kier alpha value is -4.27. The van der Waals surface area contributed by atoms with Gasteiger partial charge in [-0.1, -0.05) is 118 Å². The smallest absolute Gasteiger partial charge is 0.0502 e. The highest BCUT2D eigenvalue weighted by Gasteiger charge is 2.84. The van der Waals surface area contributed by atoms with E-state index >= 15 is 0 Å². The van der Waals surface area contributed by atoms with Crippen LogP contribution < -0.4 is 4.90 Å². The van der Waals surface area contributed by atoms with Crippen LogP contribution in [0.2, 0.25) is 0 Å². The SMILES string of the molecule is CC1(C)CCC(C)(C)c2c(N(c3ccc(-c4ccc5c(c4)C4(c6ccccc6S5)C5CC6CC7CC4C75C6)cc3)c3ccc4ccccc4c3)cccc21. The van der Waals surface area contributed by atoms with Gasteiger partial charge in [-0.15, -0.1) is 0 Å². The summed E-state index contributed by atoms with van der Waals surface area (Å²) in [5.74, 6) is 3.58. The molecule has 1 heterocycles. The topological polar surface area (TPSA) is 3.24 Å². The van der Waals surface area contributed by atoms with Crippen molar-refractivity contribution in [2.45, 2.75) is 92.3 Å². The summed E-state index contributed by atoms with van der Waals surface area (Å²) in [6, 6.07) is 49.4. The second-order valence-corrected chi connectivity index (χ2v) is 20.3. The maximum absolute atomic E-state index is 2.64. The van der Waals surface area contributed by atoms with Crippen LogP contribution in [0.5, 0.6) is 0 Å². The number of anilines is 3. The monoisotopic (exact) mass is 719 g/mol. The lowest BCUT2D eigenvalue weighted by Gasteiger charge is -2.78. The predicted octanol–water partition coefficient (Wildman–Crippen LogP) is 14.1. The van der Waals surface area contributed by atoms with Crippen molar-refractivity contribution in [2.75, 3.05) is 4.90 Å². The number of nitrogens with zero attached hydrogens (tertiary/aromatic N) is 1. The summed E-state index contributed by atoms with van der Waals surface area (Å²) < 4.78 is 0. The lowest BCUT2D eigenvalue weighted by molar-refractivity contribution is -0.235. The highest BCUT2D eigenvalue weighted by atomic mass is 32.2. The van der Waals surface area contributed by atoms with Gasteiger partial charge in [-0.25, -0.2) is 0 Å². The molecule has 2 heteroatoms. The molecule has 0 N–H and O–H groups in total. The fourth-order valence-corrected chi connectivity index (χ4v) is 14.9. The van der Waals surface area contributed by atoms with E-state index in [0.717, 1.165) is 23.7 Å². The maximum Gasteiger partial charge on any atom is 0.0502 e. The van der Waals surface area contributed by atoms with E-state index in [9.17, 15) is 0 Å². The molecule has 0 saturated heterocycles. The van der Waals surface area contributed by atoms with Crippen molar-refractivity contribution in [3.8, 4) is 11.1 Å². The van der Waals surface area contributed by atoms with Crippen LogP contribution >= 0.6 is 11.8 Å². The van der Waals surface area contributed by atoms with Crippen LogP contribution in [0.4, 0.5) is 17.1 Å². The fraction of sp³-hybridized carbons (Fsp3) is 0.346. The molecule has 0 radical (unpaired) electrons. The molecule has 4 fully saturated rings. The third-order valence-corrected chi connectivity index (χ3v) is 17.2. The van der Waals surface area contributed by atoms with E-state index in [1.165, 1.54) is 98.4 Å². The van der Waals surface area contributed by atoms with Crippen molar-refractivity contribution in [3.05, 3.63) is 150 Å². The molecule has 6 aromatic rings. The summed E-state index contributed by atoms with van der Waals surface area (Å²) in [5.41, 5.74) is 13.7. The van der Waals surface area contributed by atoms with Crippen LogP contribution in [0.1, 0.15) is 88.5 Å². The number of fused-ring (bicyclic) bond motifs is 9. The molecule has 6 aromatic carbocycles. The molecule has 6 aliphatic rings. The van der Waals surface area contributed by atoms with Gasteiger partial charge in [-0.05, 0) is 171 Å². The molecule has 12 rings (SSSR count). The Bertz CT molecular complexity index is 2540. The van der Waals surface area contributed by atoms with Crippen molar-refractivity contribution in [1.82, 2.24) is 0 Å². The normalized spacial score (nSPS) is 29.8. The molecule has 54 heavy (non-hydrogen) atoms. The molecule has 2 spiro atoms. The Morgan fingerprint density at radius 1 is 0.556 bits per heavy atom. The van der Waals surface area contributed by atoms with Crippen molar-refractivity contribution >= 4 is 39.6 Å². The van der Waals surface area contributed by atoms with Gasteiger partial charge < -0.3 is 4.90 Å². The van der Waals surface area contributed by atoms with E-state index < -0.39 is 0 Å². The van der Waals surface area contributed by atoms with E-state index in [-0.39, 0.29) is 16.2 Å². The lowest BCUT2D eigenvalue weighted by atomic mass is 9.26. The Balaban J connectivity index is 0.986. The highest BCUT2D eigenvalue weighted by molar-refractivity contribution is 7.99. The van der Waals surface area contributed by atoms with E-state index in [1.54, 1.807) is 11.1 Å². The number of benzene rings is 6. The molecular weight excluding hydrogens is 671 g/mol. The first-order chi connectivity index (χ1) is 26.2. The third-order valence-electron chi connectivity index (χ3n) is 16.0. The highest BCUT2D eigenvalue weighted by Crippen LogP contribution is 2.89. The van der Waals surface area contributed by atoms with Gasteiger partial charge in [0.2, 0.25) is 0 Å². The van der Waals surface area contributed by atoms with E-state index in [1.807, 2.05) is 11.8 Å². The Kier molecular flexibility index (Phi) is 6.36. The zero-order valence-electron chi connectivity index (χ0n) is 32.0. The molecule has 1 nitrogen and oxygen atoms in total. The molecule has 0 amide bonds. The second-order valence-electron chi connectivity index (χ2n) is 19.3. The van der Waals surface area contributed by atoms with Crippen LogP contribution in [0.25, 0.3) is 21.9 Å². The van der Waals surface area contributed by atoms with E-state index in [4.69, 9.17) is 0 Å². The van der Waals surface area contributed by atoms with Crippen LogP contribution in [-0.2, 0) is 16.2 Å². The third kappa shape index (κ3) is 3.98. The number of hydrogen-bond donors (Lipinski definition) is 0. The summed E-state index contributed by atoms with van der Waals surface area (Å²) in [5, 5.41) is 2.55. The van der Waals surface area contributed by atoms with Crippen LogP contribution in [-0.4, -0.2) is 0 Å². The lowest BCUT2D eigenvalue weighted by Crippen LogP contribution is -2.74. The quantitative estimate of drug-likeness (QED) is 0.178. The minimum absolute atomic E-state index is 0.0750. The van der Waals surface area contributed by atoms with E-state index in [2.05, 4.69) is 160 Å². The summed E-state index contributed by atoms with van der Waals surface area (Å²) in [6.45, 7) is 9.78. The zero-order valence-corrected chi connectivity index (χ0v) is 32.8. The average Bonchev–Trinajstić information content (AvgIpc) is 3.72. The van der Waals surface area contributed by atoms with Gasteiger partial charge >= 0.3 is 0 Å². The van der Waals surface area contributed by atoms with Gasteiger partial charge in [0.1, 0.15) is 0 Å². The van der Waals surface area contributed by atoms with Gasteiger partial charge in [0, 0.05) is 26.6 Å². The van der Waals surface area contributed by atoms with Crippen LogP contribution in [0.15, 0.2) is 137 Å². The van der Waals surface area contributed by atoms with Crippen molar-refractivity contribution < 1.29 is 0 Å². The maximum atomic E-state index is 2.64. The molecule has 4 saturated carbocycles. The molecule has 1 aliphatic heterocycles. The summed E-state index contributed by atoms with van der Waals surface area (Å²) >= 11 is 2.02. The zero-order chi connectivity index (χ0) is 36.2. The number of hydrogen-bond acceptors (Lipinski definition) is 2. The standard InChI is InChI=1S/C52H49NS/c1-49(2)24-25-50(3,4)48-41(49)13-9-14-43(48)53(39-22-18-33-10-5-6-11-35(33)28-39)38-20-16-34(17-21-38)36-19-23-45-42(29-36)52(40-12-7-8-15-44(40)54-45)46-27-32-26-37-30-47(52)51(37,46)31-32/h5-23,28-29,32,37,46-47H,24-27,30-31H2,1-4H3. The van der Waals surface area contributed by atoms with Crippen LogP contribution in [0.3, 0.4) is 0 Å². The molecule has 5 aliphatic carbocycles. The second kappa shape index (κ2) is 10.7. The van der Waals surface area contributed by atoms with Gasteiger partial charge in [0.05, 0.1) is 5.69 Å². The van der Waals surface area contributed by atoms with Crippen molar-refractivity contribution in [1.29, 1.82) is 0 Å². The molecule has 6 atom stereocenters. The van der Waals surface area contributed by atoms with E-state index in [0.29, 0.717) is 5.41 Å². The predicted molar refractivity (Wildman–Crippen MR) is 226 cm³/mol. The van der Waals surface area contributed by atoms with Gasteiger partial charge in [-0.2, -0.15) is 0 Å². The minimum Gasteiger partial charge on any atom is -0.310 e. The summed E-state index contributed by atoms with van der Waals surface area (Å²) in [4.78, 5) is 5.55. The first-order valence-electron chi connectivity index (χ1n) is 20.6. The molecule has 6 unspecified atom stereocenters. The molecular formula is C52H49NS.